The van der Waals surface area contributed by atoms with Gasteiger partial charge in [0.2, 0.25) is 0 Å². The van der Waals surface area contributed by atoms with Gasteiger partial charge < -0.3 is 14.4 Å². The lowest BCUT2D eigenvalue weighted by Crippen LogP contribution is -2.45. The summed E-state index contributed by atoms with van der Waals surface area (Å²) in [6, 6.07) is 0. The number of hydrogen-bond acceptors (Lipinski definition) is 4. The summed E-state index contributed by atoms with van der Waals surface area (Å²) in [7, 11) is 0. The number of allylic oxidation sites excluding steroid dienone is 1. The van der Waals surface area contributed by atoms with E-state index in [-0.39, 0.29) is 12.1 Å². The zero-order valence-corrected chi connectivity index (χ0v) is 15.5. The smallest absolute Gasteiger partial charge is 0.410 e. The number of carbonyl (C=O) groups is 2. The highest BCUT2D eigenvalue weighted by atomic mass is 16.6. The Morgan fingerprint density at radius 1 is 1.12 bits per heavy atom. The molecule has 5 nitrogen and oxygen atoms in total. The van der Waals surface area contributed by atoms with Crippen LogP contribution in [0.1, 0.15) is 66.2 Å². The molecule has 1 saturated carbocycles. The van der Waals surface area contributed by atoms with Crippen molar-refractivity contribution in [2.45, 2.75) is 71.8 Å². The average molecular weight is 337 g/mol. The minimum atomic E-state index is -0.441. The highest BCUT2D eigenvalue weighted by Crippen LogP contribution is 2.46. The molecule has 0 N–H and O–H groups in total. The van der Waals surface area contributed by atoms with Crippen molar-refractivity contribution in [3.63, 3.8) is 0 Å². The Morgan fingerprint density at radius 3 is 2.21 bits per heavy atom. The van der Waals surface area contributed by atoms with Crippen molar-refractivity contribution in [3.05, 3.63) is 11.6 Å². The maximum absolute atomic E-state index is 12.2. The fourth-order valence-corrected chi connectivity index (χ4v) is 3.59. The van der Waals surface area contributed by atoms with Crippen LogP contribution in [0, 0.1) is 5.41 Å². The van der Waals surface area contributed by atoms with Crippen LogP contribution < -0.4 is 0 Å². The Morgan fingerprint density at radius 2 is 1.71 bits per heavy atom. The highest BCUT2D eigenvalue weighted by Gasteiger charge is 2.38. The Hall–Kier alpha value is -1.52. The number of carbonyl (C=O) groups excluding carboxylic acids is 2. The third kappa shape index (κ3) is 5.25. The number of rotatable bonds is 2. The molecular formula is C19H31NO4. The maximum Gasteiger partial charge on any atom is 0.410 e. The van der Waals surface area contributed by atoms with E-state index in [2.05, 4.69) is 0 Å². The van der Waals surface area contributed by atoms with Crippen molar-refractivity contribution in [2.75, 3.05) is 19.7 Å². The third-order valence-corrected chi connectivity index (χ3v) is 5.04. The monoisotopic (exact) mass is 337 g/mol. The summed E-state index contributed by atoms with van der Waals surface area (Å²) >= 11 is 0. The van der Waals surface area contributed by atoms with Crippen LogP contribution in [0.15, 0.2) is 11.6 Å². The number of piperidine rings is 1. The molecule has 0 bridgehead atoms. The Balaban J connectivity index is 1.82. The first-order valence-corrected chi connectivity index (χ1v) is 9.07. The van der Waals surface area contributed by atoms with Crippen LogP contribution in [0.2, 0.25) is 0 Å². The van der Waals surface area contributed by atoms with Gasteiger partial charge in [0.25, 0.3) is 0 Å². The summed E-state index contributed by atoms with van der Waals surface area (Å²) in [4.78, 5) is 25.6. The summed E-state index contributed by atoms with van der Waals surface area (Å²) in [6.07, 6.45) is 7.65. The topological polar surface area (TPSA) is 55.8 Å². The van der Waals surface area contributed by atoms with Crippen molar-refractivity contribution in [1.82, 2.24) is 4.90 Å². The van der Waals surface area contributed by atoms with Crippen LogP contribution in [0.5, 0.6) is 0 Å². The predicted octanol–water partition coefficient (Wildman–Crippen LogP) is 4.07. The van der Waals surface area contributed by atoms with Gasteiger partial charge in [-0.2, -0.15) is 0 Å². The molecule has 1 aliphatic heterocycles. The van der Waals surface area contributed by atoms with Gasteiger partial charge in [0.15, 0.2) is 0 Å². The van der Waals surface area contributed by atoms with E-state index >= 15 is 0 Å². The van der Waals surface area contributed by atoms with Crippen molar-refractivity contribution in [2.24, 2.45) is 5.41 Å². The van der Waals surface area contributed by atoms with E-state index in [4.69, 9.17) is 9.47 Å². The summed E-state index contributed by atoms with van der Waals surface area (Å²) in [6.45, 7) is 9.48. The SMILES string of the molecule is CCOC(=O)C=C1CCC2(CC1)CCN(C(=O)OC(C)(C)C)CC2. The lowest BCUT2D eigenvalue weighted by molar-refractivity contribution is -0.137. The number of likely N-dealkylation sites (tertiary alicyclic amines) is 1. The van der Waals surface area contributed by atoms with Gasteiger partial charge in [-0.25, -0.2) is 9.59 Å². The van der Waals surface area contributed by atoms with E-state index in [1.807, 2.05) is 32.6 Å². The van der Waals surface area contributed by atoms with Crippen molar-refractivity contribution in [1.29, 1.82) is 0 Å². The van der Waals surface area contributed by atoms with Gasteiger partial charge in [0.1, 0.15) is 5.60 Å². The Labute approximate surface area is 145 Å². The standard InChI is InChI=1S/C19H31NO4/c1-5-23-16(21)14-15-6-8-19(9-7-15)10-12-20(13-11-19)17(22)24-18(2,3)4/h14H,5-13H2,1-4H3. The zero-order chi connectivity index (χ0) is 17.8. The lowest BCUT2D eigenvalue weighted by Gasteiger charge is -2.44. The van der Waals surface area contributed by atoms with E-state index in [1.165, 1.54) is 5.57 Å². The van der Waals surface area contributed by atoms with Crippen molar-refractivity contribution in [3.8, 4) is 0 Å². The van der Waals surface area contributed by atoms with Crippen LogP contribution in [-0.2, 0) is 14.3 Å². The van der Waals surface area contributed by atoms with E-state index in [0.29, 0.717) is 12.0 Å². The summed E-state index contributed by atoms with van der Waals surface area (Å²) in [5.41, 5.74) is 1.09. The van der Waals surface area contributed by atoms with Gasteiger partial charge in [-0.3, -0.25) is 0 Å². The van der Waals surface area contributed by atoms with Gasteiger partial charge in [-0.1, -0.05) is 5.57 Å². The fraction of sp³-hybridized carbons (Fsp3) is 0.789. The molecule has 0 unspecified atom stereocenters. The summed E-state index contributed by atoms with van der Waals surface area (Å²) < 4.78 is 10.5. The second-order valence-corrected chi connectivity index (χ2v) is 8.02. The third-order valence-electron chi connectivity index (χ3n) is 5.04. The lowest BCUT2D eigenvalue weighted by atomic mass is 9.67. The van der Waals surface area contributed by atoms with Crippen LogP contribution in [0.25, 0.3) is 0 Å². The molecule has 0 aromatic rings. The molecular weight excluding hydrogens is 306 g/mol. The van der Waals surface area contributed by atoms with Gasteiger partial charge in [-0.05, 0) is 71.6 Å². The second-order valence-electron chi connectivity index (χ2n) is 8.02. The van der Waals surface area contributed by atoms with Crippen molar-refractivity contribution < 1.29 is 19.1 Å². The van der Waals surface area contributed by atoms with E-state index in [0.717, 1.165) is 51.6 Å². The van der Waals surface area contributed by atoms with E-state index in [9.17, 15) is 9.59 Å². The molecule has 1 aliphatic carbocycles. The molecule has 24 heavy (non-hydrogen) atoms. The van der Waals surface area contributed by atoms with Gasteiger partial charge >= 0.3 is 12.1 Å². The molecule has 0 atom stereocenters. The summed E-state index contributed by atoms with van der Waals surface area (Å²) in [5.74, 6) is -0.219. The molecule has 2 aliphatic rings. The average Bonchev–Trinajstić information content (AvgIpc) is 2.49. The van der Waals surface area contributed by atoms with Gasteiger partial charge in [0.05, 0.1) is 6.61 Å². The van der Waals surface area contributed by atoms with Crippen LogP contribution in [-0.4, -0.2) is 42.3 Å². The highest BCUT2D eigenvalue weighted by molar-refractivity contribution is 5.82. The first kappa shape index (κ1) is 18.8. The molecule has 1 amide bonds. The summed E-state index contributed by atoms with van der Waals surface area (Å²) in [5, 5.41) is 0. The van der Waals surface area contributed by atoms with Crippen LogP contribution in [0.3, 0.4) is 0 Å². The fourth-order valence-electron chi connectivity index (χ4n) is 3.59. The maximum atomic E-state index is 12.2. The predicted molar refractivity (Wildman–Crippen MR) is 92.7 cm³/mol. The quantitative estimate of drug-likeness (QED) is 0.563. The van der Waals surface area contributed by atoms with Gasteiger partial charge in [0, 0.05) is 19.2 Å². The first-order valence-electron chi connectivity index (χ1n) is 9.07. The normalized spacial score (nSPS) is 20.7. The Kier molecular flexibility index (Phi) is 5.94. The number of hydrogen-bond donors (Lipinski definition) is 0. The number of nitrogens with zero attached hydrogens (tertiary/aromatic N) is 1. The first-order chi connectivity index (χ1) is 11.2. The van der Waals surface area contributed by atoms with E-state index in [1.54, 1.807) is 6.08 Å². The molecule has 136 valence electrons. The molecule has 0 radical (unpaired) electrons. The molecule has 2 fully saturated rings. The van der Waals surface area contributed by atoms with Crippen molar-refractivity contribution >= 4 is 12.1 Å². The second kappa shape index (κ2) is 7.58. The van der Waals surface area contributed by atoms with Crippen LogP contribution >= 0.6 is 0 Å². The molecule has 5 heteroatoms. The molecule has 1 saturated heterocycles. The molecule has 2 rings (SSSR count). The Bertz CT molecular complexity index is 484. The molecule has 1 spiro atoms. The zero-order valence-electron chi connectivity index (χ0n) is 15.5. The van der Waals surface area contributed by atoms with Gasteiger partial charge in [-0.15, -0.1) is 0 Å². The van der Waals surface area contributed by atoms with Crippen LogP contribution in [0.4, 0.5) is 4.79 Å². The molecule has 0 aromatic heterocycles. The largest absolute Gasteiger partial charge is 0.463 e. The number of ether oxygens (including phenoxy) is 2. The molecule has 0 aromatic carbocycles. The van der Waals surface area contributed by atoms with E-state index < -0.39 is 5.60 Å². The number of esters is 1. The minimum Gasteiger partial charge on any atom is -0.463 e. The minimum absolute atomic E-state index is 0.198. The molecule has 1 heterocycles. The number of amides is 1.